The zero-order chi connectivity index (χ0) is 24.4. The lowest BCUT2D eigenvalue weighted by atomic mass is 10.1. The van der Waals surface area contributed by atoms with Gasteiger partial charge < -0.3 is 24.0 Å². The summed E-state index contributed by atoms with van der Waals surface area (Å²) in [6.45, 7) is 4.04. The Bertz CT molecular complexity index is 1270. The van der Waals surface area contributed by atoms with E-state index < -0.39 is 0 Å². The molecule has 7 nitrogen and oxygen atoms in total. The Balaban J connectivity index is 1.39. The molecule has 0 unspecified atom stereocenters. The number of amidine groups is 1. The lowest BCUT2D eigenvalue weighted by Crippen LogP contribution is -2.55. The highest BCUT2D eigenvalue weighted by molar-refractivity contribution is 6.04. The standard InChI is InChI=1S/C28H29N3O4/c1-19-18-30(13-14-31(19)27(32)16-20-7-6-8-21(15-20)33-2)28-23-17-22(34-3)11-12-25(23)35-26-10-5-4-9-24(26)29-28/h4-12,15,17,19H,13-14,16,18H2,1-3H3/t19-/m0/s1. The van der Waals surface area contributed by atoms with Crippen LogP contribution in [-0.4, -0.2) is 61.4 Å². The molecular formula is C28H29N3O4. The van der Waals surface area contributed by atoms with Gasteiger partial charge in [-0.3, -0.25) is 4.79 Å². The summed E-state index contributed by atoms with van der Waals surface area (Å²) in [6.07, 6.45) is 0.351. The maximum absolute atomic E-state index is 13.2. The van der Waals surface area contributed by atoms with E-state index in [1.807, 2.05) is 71.6 Å². The van der Waals surface area contributed by atoms with E-state index in [1.54, 1.807) is 14.2 Å². The molecule has 1 fully saturated rings. The van der Waals surface area contributed by atoms with Crippen LogP contribution < -0.4 is 14.2 Å². The Hall–Kier alpha value is -4.00. The zero-order valence-electron chi connectivity index (χ0n) is 20.2. The first-order chi connectivity index (χ1) is 17.1. The Morgan fingerprint density at radius 2 is 1.77 bits per heavy atom. The number of para-hydroxylation sites is 2. The molecule has 1 amide bonds. The van der Waals surface area contributed by atoms with Crippen molar-refractivity contribution >= 4 is 17.4 Å². The van der Waals surface area contributed by atoms with Crippen LogP contribution in [0, 0.1) is 0 Å². The Morgan fingerprint density at radius 1 is 0.971 bits per heavy atom. The maximum Gasteiger partial charge on any atom is 0.227 e. The first-order valence-corrected chi connectivity index (χ1v) is 11.8. The van der Waals surface area contributed by atoms with Crippen LogP contribution in [0.5, 0.6) is 23.0 Å². The molecule has 180 valence electrons. The third-order valence-electron chi connectivity index (χ3n) is 6.48. The van der Waals surface area contributed by atoms with E-state index in [1.165, 1.54) is 0 Å². The van der Waals surface area contributed by atoms with E-state index >= 15 is 0 Å². The molecule has 7 heteroatoms. The van der Waals surface area contributed by atoms with Gasteiger partial charge in [0.15, 0.2) is 5.75 Å². The summed E-state index contributed by atoms with van der Waals surface area (Å²) in [4.78, 5) is 22.4. The van der Waals surface area contributed by atoms with E-state index in [2.05, 4.69) is 11.8 Å². The largest absolute Gasteiger partial charge is 0.497 e. The number of amides is 1. The molecule has 5 rings (SSSR count). The maximum atomic E-state index is 13.2. The number of carbonyl (C=O) groups excluding carboxylic acids is 1. The normalized spacial score (nSPS) is 16.9. The highest BCUT2D eigenvalue weighted by Gasteiger charge is 2.31. The molecule has 0 spiro atoms. The SMILES string of the molecule is COc1cccc(CC(=O)N2CCN(C3=Nc4ccccc4Oc4ccc(OC)cc43)C[C@@H]2C)c1. The fraction of sp³-hybridized carbons (Fsp3) is 0.286. The van der Waals surface area contributed by atoms with Gasteiger partial charge in [0.2, 0.25) is 5.91 Å². The van der Waals surface area contributed by atoms with Gasteiger partial charge in [-0.1, -0.05) is 24.3 Å². The number of aliphatic imine (C=N–C) groups is 1. The molecule has 0 aromatic heterocycles. The fourth-order valence-electron chi connectivity index (χ4n) is 4.65. The van der Waals surface area contributed by atoms with Crippen LogP contribution in [-0.2, 0) is 11.2 Å². The van der Waals surface area contributed by atoms with Crippen LogP contribution in [0.4, 0.5) is 5.69 Å². The van der Waals surface area contributed by atoms with Crippen molar-refractivity contribution in [2.75, 3.05) is 33.9 Å². The number of carbonyl (C=O) groups is 1. The first kappa shape index (κ1) is 22.8. The van der Waals surface area contributed by atoms with Crippen molar-refractivity contribution < 1.29 is 19.0 Å². The average Bonchev–Trinajstić information content (AvgIpc) is 3.05. The van der Waals surface area contributed by atoms with Crippen molar-refractivity contribution in [3.63, 3.8) is 0 Å². The summed E-state index contributed by atoms with van der Waals surface area (Å²) in [5.74, 6) is 3.90. The first-order valence-electron chi connectivity index (χ1n) is 11.8. The van der Waals surface area contributed by atoms with Gasteiger partial charge in [-0.2, -0.15) is 0 Å². The van der Waals surface area contributed by atoms with Crippen LogP contribution >= 0.6 is 0 Å². The number of methoxy groups -OCH3 is 2. The molecule has 2 heterocycles. The molecule has 2 aliphatic rings. The predicted molar refractivity (Wildman–Crippen MR) is 135 cm³/mol. The summed E-state index contributed by atoms with van der Waals surface area (Å²) in [7, 11) is 3.29. The van der Waals surface area contributed by atoms with Crippen LogP contribution in [0.25, 0.3) is 0 Å². The number of nitrogens with zero attached hydrogens (tertiary/aromatic N) is 3. The predicted octanol–water partition coefficient (Wildman–Crippen LogP) is 4.66. The molecule has 1 saturated heterocycles. The van der Waals surface area contributed by atoms with E-state index in [0.29, 0.717) is 31.8 Å². The number of hydrogen-bond acceptors (Lipinski definition) is 6. The van der Waals surface area contributed by atoms with Gasteiger partial charge in [-0.15, -0.1) is 0 Å². The molecule has 35 heavy (non-hydrogen) atoms. The number of hydrogen-bond donors (Lipinski definition) is 0. The number of piperazine rings is 1. The summed E-state index contributed by atoms with van der Waals surface area (Å²) in [5.41, 5.74) is 2.61. The quantitative estimate of drug-likeness (QED) is 0.554. The summed E-state index contributed by atoms with van der Waals surface area (Å²) in [6, 6.07) is 21.3. The van der Waals surface area contributed by atoms with E-state index in [-0.39, 0.29) is 11.9 Å². The highest BCUT2D eigenvalue weighted by Crippen LogP contribution is 2.39. The third kappa shape index (κ3) is 4.67. The lowest BCUT2D eigenvalue weighted by molar-refractivity contribution is -0.134. The van der Waals surface area contributed by atoms with Crippen LogP contribution in [0.2, 0.25) is 0 Å². The van der Waals surface area contributed by atoms with Crippen molar-refractivity contribution in [2.24, 2.45) is 4.99 Å². The molecule has 2 aliphatic heterocycles. The van der Waals surface area contributed by atoms with E-state index in [9.17, 15) is 4.79 Å². The van der Waals surface area contributed by atoms with E-state index in [4.69, 9.17) is 19.2 Å². The topological polar surface area (TPSA) is 63.6 Å². The molecule has 3 aromatic rings. The minimum absolute atomic E-state index is 0.0260. The van der Waals surface area contributed by atoms with Crippen LogP contribution in [0.15, 0.2) is 71.7 Å². The minimum atomic E-state index is 0.0260. The van der Waals surface area contributed by atoms with Gasteiger partial charge >= 0.3 is 0 Å². The smallest absolute Gasteiger partial charge is 0.227 e. The molecule has 0 aliphatic carbocycles. The van der Waals surface area contributed by atoms with Crippen LogP contribution in [0.1, 0.15) is 18.1 Å². The lowest BCUT2D eigenvalue weighted by Gasteiger charge is -2.41. The molecule has 0 saturated carbocycles. The minimum Gasteiger partial charge on any atom is -0.497 e. The van der Waals surface area contributed by atoms with Gasteiger partial charge in [0.05, 0.1) is 26.2 Å². The molecule has 0 N–H and O–H groups in total. The fourth-order valence-corrected chi connectivity index (χ4v) is 4.65. The Kier molecular flexibility index (Phi) is 6.31. The second-order valence-corrected chi connectivity index (χ2v) is 8.78. The van der Waals surface area contributed by atoms with Gasteiger partial charge in [0.1, 0.15) is 28.8 Å². The molecule has 0 bridgehead atoms. The number of fused-ring (bicyclic) bond motifs is 2. The van der Waals surface area contributed by atoms with Crippen molar-refractivity contribution in [3.8, 4) is 23.0 Å². The van der Waals surface area contributed by atoms with Crippen molar-refractivity contribution in [3.05, 3.63) is 77.9 Å². The summed E-state index contributed by atoms with van der Waals surface area (Å²) >= 11 is 0. The second kappa shape index (κ2) is 9.70. The Morgan fingerprint density at radius 3 is 2.57 bits per heavy atom. The van der Waals surface area contributed by atoms with Gasteiger partial charge in [0, 0.05) is 25.7 Å². The molecule has 0 radical (unpaired) electrons. The van der Waals surface area contributed by atoms with Crippen molar-refractivity contribution in [1.82, 2.24) is 9.80 Å². The molecular weight excluding hydrogens is 442 g/mol. The third-order valence-corrected chi connectivity index (χ3v) is 6.48. The van der Waals surface area contributed by atoms with Gasteiger partial charge in [-0.25, -0.2) is 4.99 Å². The number of benzene rings is 3. The zero-order valence-corrected chi connectivity index (χ0v) is 20.2. The monoisotopic (exact) mass is 471 g/mol. The van der Waals surface area contributed by atoms with Crippen molar-refractivity contribution in [1.29, 1.82) is 0 Å². The van der Waals surface area contributed by atoms with Gasteiger partial charge in [0.25, 0.3) is 0 Å². The highest BCUT2D eigenvalue weighted by atomic mass is 16.5. The average molecular weight is 472 g/mol. The number of rotatable bonds is 4. The summed E-state index contributed by atoms with van der Waals surface area (Å²) < 4.78 is 17.0. The van der Waals surface area contributed by atoms with Crippen molar-refractivity contribution in [2.45, 2.75) is 19.4 Å². The molecule has 1 atom stereocenters. The second-order valence-electron chi connectivity index (χ2n) is 8.78. The van der Waals surface area contributed by atoms with E-state index in [0.717, 1.165) is 39.9 Å². The van der Waals surface area contributed by atoms with Crippen LogP contribution in [0.3, 0.4) is 0 Å². The number of ether oxygens (including phenoxy) is 3. The molecule has 3 aromatic carbocycles. The summed E-state index contributed by atoms with van der Waals surface area (Å²) in [5, 5.41) is 0. The Labute approximate surface area is 205 Å². The van der Waals surface area contributed by atoms with Gasteiger partial charge in [-0.05, 0) is 55.0 Å².